The summed E-state index contributed by atoms with van der Waals surface area (Å²) in [7, 11) is 0. The highest BCUT2D eigenvalue weighted by molar-refractivity contribution is 9.10. The third-order valence-corrected chi connectivity index (χ3v) is 4.34. The quantitative estimate of drug-likeness (QED) is 0.757. The Balaban J connectivity index is 2.21. The number of benzene rings is 1. The van der Waals surface area contributed by atoms with Crippen LogP contribution in [0.25, 0.3) is 0 Å². The molecule has 1 aromatic heterocycles. The van der Waals surface area contributed by atoms with Crippen LogP contribution in [-0.2, 0) is 6.42 Å². The molecule has 4 heteroatoms. The largest absolute Gasteiger partial charge is 0.293 e. The number of hydrogen-bond acceptors (Lipinski definition) is 2. The van der Waals surface area contributed by atoms with Crippen molar-refractivity contribution in [2.75, 3.05) is 0 Å². The number of carbonyl (C=O) groups is 1. The predicted octanol–water partition coefficient (Wildman–Crippen LogP) is 4.59. The normalized spacial score (nSPS) is 10.4. The van der Waals surface area contributed by atoms with E-state index in [4.69, 9.17) is 11.6 Å². The minimum atomic E-state index is 0.0619. The van der Waals surface area contributed by atoms with Gasteiger partial charge in [-0.2, -0.15) is 0 Å². The molecule has 0 N–H and O–H groups in total. The lowest BCUT2D eigenvalue weighted by Gasteiger charge is -2.02. The molecule has 1 heterocycles. The molecule has 1 nitrogen and oxygen atoms in total. The van der Waals surface area contributed by atoms with Crippen LogP contribution in [0.5, 0.6) is 0 Å². The minimum Gasteiger partial charge on any atom is -0.293 e. The van der Waals surface area contributed by atoms with Gasteiger partial charge >= 0.3 is 0 Å². The van der Waals surface area contributed by atoms with Crippen LogP contribution in [0.2, 0.25) is 5.02 Å². The molecular formula is C12H8BrClOS. The maximum atomic E-state index is 12.0. The molecule has 0 saturated carbocycles. The first-order valence-corrected chi connectivity index (χ1v) is 6.73. The van der Waals surface area contributed by atoms with E-state index >= 15 is 0 Å². The second-order valence-corrected chi connectivity index (χ2v) is 5.47. The van der Waals surface area contributed by atoms with Gasteiger partial charge in [-0.25, -0.2) is 0 Å². The monoisotopic (exact) mass is 314 g/mol. The number of halogens is 2. The van der Waals surface area contributed by atoms with Gasteiger partial charge in [0.2, 0.25) is 0 Å². The van der Waals surface area contributed by atoms with E-state index in [2.05, 4.69) is 15.9 Å². The van der Waals surface area contributed by atoms with E-state index in [-0.39, 0.29) is 5.78 Å². The van der Waals surface area contributed by atoms with Gasteiger partial charge in [-0.15, -0.1) is 11.3 Å². The van der Waals surface area contributed by atoms with Gasteiger partial charge in [0.1, 0.15) is 0 Å². The van der Waals surface area contributed by atoms with Gasteiger partial charge in [0.15, 0.2) is 5.78 Å². The van der Waals surface area contributed by atoms with Crippen molar-refractivity contribution in [2.24, 2.45) is 0 Å². The third-order valence-electron chi connectivity index (χ3n) is 2.18. The highest BCUT2D eigenvalue weighted by Gasteiger charge is 2.13. The molecule has 0 unspecified atom stereocenters. The van der Waals surface area contributed by atoms with Crippen LogP contribution in [0.1, 0.15) is 15.2 Å². The Hall–Kier alpha value is -0.640. The van der Waals surface area contributed by atoms with Crippen LogP contribution in [0.15, 0.2) is 40.2 Å². The summed E-state index contributed by atoms with van der Waals surface area (Å²) in [6.45, 7) is 0. The molecule has 0 radical (unpaired) electrons. The molecule has 0 amide bonds. The third kappa shape index (κ3) is 2.54. The van der Waals surface area contributed by atoms with Crippen LogP contribution in [0, 0.1) is 0 Å². The second-order valence-electron chi connectivity index (χ2n) is 3.29. The van der Waals surface area contributed by atoms with E-state index in [1.165, 1.54) is 11.3 Å². The lowest BCUT2D eigenvalue weighted by molar-refractivity contribution is 0.0997. The molecule has 2 rings (SSSR count). The molecule has 0 atom stereocenters. The van der Waals surface area contributed by atoms with Crippen molar-refractivity contribution in [1.29, 1.82) is 0 Å². The Morgan fingerprint density at radius 1 is 1.31 bits per heavy atom. The average Bonchev–Trinajstić information content (AvgIpc) is 2.68. The van der Waals surface area contributed by atoms with E-state index in [0.29, 0.717) is 16.3 Å². The summed E-state index contributed by atoms with van der Waals surface area (Å²) in [6.07, 6.45) is 0.377. The zero-order chi connectivity index (χ0) is 11.5. The fourth-order valence-corrected chi connectivity index (χ4v) is 2.91. The van der Waals surface area contributed by atoms with Gasteiger partial charge in [0, 0.05) is 10.9 Å². The fraction of sp³-hybridized carbons (Fsp3) is 0.0833. The van der Waals surface area contributed by atoms with Crippen molar-refractivity contribution < 1.29 is 4.79 Å². The number of Topliss-reactive ketones (excluding diaryl/α,β-unsaturated/α-hetero) is 1. The summed E-state index contributed by atoms with van der Waals surface area (Å²) in [5, 5.41) is 2.37. The maximum Gasteiger partial charge on any atom is 0.178 e. The second kappa shape index (κ2) is 5.13. The highest BCUT2D eigenvalue weighted by Crippen LogP contribution is 2.25. The summed E-state index contributed by atoms with van der Waals surface area (Å²) >= 11 is 10.7. The molecule has 1 aromatic carbocycles. The molecule has 0 saturated heterocycles. The summed E-state index contributed by atoms with van der Waals surface area (Å²) in [6, 6.07) is 9.46. The van der Waals surface area contributed by atoms with Gasteiger partial charge in [0.25, 0.3) is 0 Å². The predicted molar refractivity (Wildman–Crippen MR) is 71.5 cm³/mol. The average molecular weight is 316 g/mol. The lowest BCUT2D eigenvalue weighted by atomic mass is 10.1. The Bertz CT molecular complexity index is 521. The molecule has 16 heavy (non-hydrogen) atoms. The molecular weight excluding hydrogens is 308 g/mol. The SMILES string of the molecule is O=C(Cc1ccccc1Br)c1sccc1Cl. The van der Waals surface area contributed by atoms with Crippen molar-refractivity contribution in [3.05, 3.63) is 55.6 Å². The number of carbonyl (C=O) groups excluding carboxylic acids is 1. The van der Waals surface area contributed by atoms with Crippen molar-refractivity contribution >= 4 is 44.7 Å². The summed E-state index contributed by atoms with van der Waals surface area (Å²) in [5.41, 5.74) is 0.983. The Labute approximate surface area is 111 Å². The topological polar surface area (TPSA) is 17.1 Å². The highest BCUT2D eigenvalue weighted by atomic mass is 79.9. The molecule has 0 aliphatic carbocycles. The van der Waals surface area contributed by atoms with Crippen LogP contribution in [-0.4, -0.2) is 5.78 Å². The molecule has 0 aliphatic rings. The first-order chi connectivity index (χ1) is 7.68. The van der Waals surface area contributed by atoms with E-state index in [1.807, 2.05) is 29.6 Å². The first-order valence-electron chi connectivity index (χ1n) is 4.68. The van der Waals surface area contributed by atoms with Crippen LogP contribution >= 0.6 is 38.9 Å². The molecule has 0 fully saturated rings. The van der Waals surface area contributed by atoms with Crippen molar-refractivity contribution in [1.82, 2.24) is 0 Å². The standard InChI is InChI=1S/C12H8BrClOS/c13-9-4-2-1-3-8(9)7-11(15)12-10(14)5-6-16-12/h1-6H,7H2. The van der Waals surface area contributed by atoms with E-state index in [1.54, 1.807) is 6.07 Å². The van der Waals surface area contributed by atoms with E-state index in [9.17, 15) is 4.79 Å². The number of ketones is 1. The van der Waals surface area contributed by atoms with Crippen molar-refractivity contribution in [3.63, 3.8) is 0 Å². The summed E-state index contributed by atoms with van der Waals surface area (Å²) in [4.78, 5) is 12.6. The molecule has 82 valence electrons. The van der Waals surface area contributed by atoms with Gasteiger partial charge in [0.05, 0.1) is 9.90 Å². The molecule has 0 spiro atoms. The number of rotatable bonds is 3. The fourth-order valence-electron chi connectivity index (χ4n) is 1.39. The van der Waals surface area contributed by atoms with Gasteiger partial charge < -0.3 is 0 Å². The lowest BCUT2D eigenvalue weighted by Crippen LogP contribution is -2.02. The molecule has 0 bridgehead atoms. The summed E-state index contributed by atoms with van der Waals surface area (Å²) < 4.78 is 0.955. The molecule has 2 aromatic rings. The van der Waals surface area contributed by atoms with Crippen LogP contribution in [0.4, 0.5) is 0 Å². The van der Waals surface area contributed by atoms with Crippen LogP contribution < -0.4 is 0 Å². The van der Waals surface area contributed by atoms with Gasteiger partial charge in [-0.05, 0) is 23.1 Å². The Morgan fingerprint density at radius 3 is 2.69 bits per heavy atom. The number of hydrogen-bond donors (Lipinski definition) is 0. The first kappa shape index (κ1) is 11.8. The van der Waals surface area contributed by atoms with Crippen LogP contribution in [0.3, 0.4) is 0 Å². The Kier molecular flexibility index (Phi) is 3.79. The number of thiophene rings is 1. The Morgan fingerprint density at radius 2 is 2.06 bits per heavy atom. The van der Waals surface area contributed by atoms with E-state index < -0.39 is 0 Å². The zero-order valence-corrected chi connectivity index (χ0v) is 11.4. The smallest absolute Gasteiger partial charge is 0.178 e. The van der Waals surface area contributed by atoms with Crippen molar-refractivity contribution in [2.45, 2.75) is 6.42 Å². The van der Waals surface area contributed by atoms with E-state index in [0.717, 1.165) is 10.0 Å². The van der Waals surface area contributed by atoms with Gasteiger partial charge in [-0.1, -0.05) is 45.7 Å². The van der Waals surface area contributed by atoms with Crippen molar-refractivity contribution in [3.8, 4) is 0 Å². The maximum absolute atomic E-state index is 12.0. The van der Waals surface area contributed by atoms with Gasteiger partial charge in [-0.3, -0.25) is 4.79 Å². The summed E-state index contributed by atoms with van der Waals surface area (Å²) in [5.74, 6) is 0.0619. The molecule has 0 aliphatic heterocycles. The minimum absolute atomic E-state index is 0.0619. The zero-order valence-electron chi connectivity index (χ0n) is 8.24.